The summed E-state index contributed by atoms with van der Waals surface area (Å²) in [5, 5.41) is 65.9. The van der Waals surface area contributed by atoms with Crippen LogP contribution in [0, 0.1) is 11.5 Å². The van der Waals surface area contributed by atoms with E-state index in [4.69, 9.17) is 41.4 Å². The number of ether oxygens (including phenoxy) is 3. The summed E-state index contributed by atoms with van der Waals surface area (Å²) in [5.41, 5.74) is 7.13. The second-order valence-electron chi connectivity index (χ2n) is 12.7. The third-order valence-electron chi connectivity index (χ3n) is 8.11. The van der Waals surface area contributed by atoms with Gasteiger partial charge in [0, 0.05) is 42.2 Å². The summed E-state index contributed by atoms with van der Waals surface area (Å²) in [7, 11) is 0. The molecule has 0 unspecified atom stereocenters. The molecular weight excluding hydrogens is 811 g/mol. The minimum atomic E-state index is -5.08. The number of carbonyl (C=O) groups is 3. The first-order valence-corrected chi connectivity index (χ1v) is 18.3. The van der Waals surface area contributed by atoms with E-state index in [0.29, 0.717) is 36.4 Å². The quantitative estimate of drug-likeness (QED) is 0.0310. The number of aliphatic carboxylic acids is 2. The number of nitrogens with one attached hydrogen (secondary N) is 3. The molecule has 1 aromatic heterocycles. The molecule has 59 heavy (non-hydrogen) atoms. The number of unbranched alkanes of at least 4 members (excludes halogenated alkanes) is 3. The van der Waals surface area contributed by atoms with E-state index in [1.54, 1.807) is 55.0 Å². The van der Waals surface area contributed by atoms with Crippen LogP contribution in [0.4, 0.5) is 24.5 Å². The number of rotatable bonds is 17. The van der Waals surface area contributed by atoms with Crippen molar-refractivity contribution in [2.75, 3.05) is 30.3 Å². The van der Waals surface area contributed by atoms with Crippen molar-refractivity contribution >= 4 is 46.8 Å². The lowest BCUT2D eigenvalue weighted by atomic mass is 9.99. The largest absolute Gasteiger partial charge is 0.494 e. The smallest absolute Gasteiger partial charge is 0.490 e. The third kappa shape index (κ3) is 16.2. The first-order chi connectivity index (χ1) is 28.0. The topological polar surface area (TPSA) is 282 Å². The highest BCUT2D eigenvalue weighted by molar-refractivity contribution is 6.30. The van der Waals surface area contributed by atoms with Crippen LogP contribution < -0.4 is 35.7 Å². The van der Waals surface area contributed by atoms with E-state index in [0.717, 1.165) is 37.0 Å². The van der Waals surface area contributed by atoms with E-state index in [-0.39, 0.29) is 24.4 Å². The Labute approximate surface area is 340 Å². The number of aliphatic hydroxyl groups is 3. The lowest BCUT2D eigenvalue weighted by Gasteiger charge is -2.38. The molecule has 22 heteroatoms. The molecule has 1 aliphatic heterocycles. The van der Waals surface area contributed by atoms with Gasteiger partial charge in [-0.25, -0.2) is 14.2 Å². The van der Waals surface area contributed by atoms with E-state index in [2.05, 4.69) is 20.9 Å². The van der Waals surface area contributed by atoms with Gasteiger partial charge in [0.1, 0.15) is 29.8 Å². The van der Waals surface area contributed by atoms with Crippen molar-refractivity contribution in [2.24, 2.45) is 10.7 Å². The van der Waals surface area contributed by atoms with Gasteiger partial charge in [-0.2, -0.15) is 18.4 Å². The van der Waals surface area contributed by atoms with E-state index in [9.17, 15) is 48.4 Å². The summed E-state index contributed by atoms with van der Waals surface area (Å²) in [6.45, 7) is 1.69. The molecule has 1 amide bonds. The number of alkyl halides is 3. The van der Waals surface area contributed by atoms with Gasteiger partial charge in [-0.05, 0) is 55.3 Å². The molecular formula is C37H44ClF3N7O11+. The van der Waals surface area contributed by atoms with Crippen LogP contribution in [0.1, 0.15) is 37.7 Å². The number of nitrogens with two attached hydrogens (primary N) is 1. The number of anilines is 2. The van der Waals surface area contributed by atoms with Gasteiger partial charge in [-0.1, -0.05) is 24.4 Å². The van der Waals surface area contributed by atoms with Gasteiger partial charge in [-0.15, -0.1) is 4.99 Å². The Balaban J connectivity index is 0.00000122. The number of nitriles is 1. The highest BCUT2D eigenvalue weighted by Crippen LogP contribution is 2.31. The first kappa shape index (κ1) is 47.6. The number of hydrogen-bond donors (Lipinski definition) is 9. The minimum Gasteiger partial charge on any atom is -0.494 e. The van der Waals surface area contributed by atoms with Crippen molar-refractivity contribution in [2.45, 2.75) is 75.5 Å². The van der Waals surface area contributed by atoms with Crippen LogP contribution in [0.2, 0.25) is 5.02 Å². The fourth-order valence-corrected chi connectivity index (χ4v) is 5.28. The van der Waals surface area contributed by atoms with Crippen molar-refractivity contribution < 1.29 is 71.9 Å². The summed E-state index contributed by atoms with van der Waals surface area (Å²) in [4.78, 5) is 36.7. The predicted octanol–water partition coefficient (Wildman–Crippen LogP) is 2.35. The fraction of sp³-hybridized carbons (Fsp3) is 0.405. The number of aliphatic imine (C=N–C) groups is 1. The molecule has 18 nitrogen and oxygen atoms in total. The first-order valence-electron chi connectivity index (χ1n) is 17.9. The lowest BCUT2D eigenvalue weighted by Crippen LogP contribution is -2.61. The second kappa shape index (κ2) is 23.6. The molecule has 0 aliphatic carbocycles. The van der Waals surface area contributed by atoms with E-state index in [1.807, 2.05) is 16.7 Å². The van der Waals surface area contributed by atoms with E-state index >= 15 is 0 Å². The standard InChI is InChI=1S/C35H42ClN7O9.C2HF3O2/c36-23-6-8-25(9-7-23)50-18-4-2-1-3-15-39-35(40-21-38)41-24-12-16-43(17-13-24)20-22-5-10-27(26(19-22)42-28(44)11-14-37)51-34-31(47)29(45)30(46)32(52-34)33(48)49;3-2(4,5)1(6)7/h5-10,12-13,16-17,19,29-32,34,45-47H,1-4,11,14-15,18,20,37H2,(H3,39,40,42,44,48,49);(H,6,7)/p+1/t29-,30-,31+,32-,34+;/m0./s1. The SMILES string of the molecule is N#C/N=C(\NCCCCCCOc1ccc(Cl)cc1)Nc1cc[n+](Cc2ccc(O[C@@H]3O[C@H](C(=O)O)[C@@H](O)[C@H](O)[C@H]3O)c(NC(=O)CCN)c2)cc1.O=C(O)C(F)(F)F. The number of nitrogens with zero attached hydrogens (tertiary/aromatic N) is 3. The van der Waals surface area contributed by atoms with Crippen molar-refractivity contribution in [1.29, 1.82) is 5.26 Å². The molecule has 1 fully saturated rings. The van der Waals surface area contributed by atoms with Crippen LogP contribution in [0.15, 0.2) is 72.0 Å². The monoisotopic (exact) mass is 854 g/mol. The fourth-order valence-electron chi connectivity index (χ4n) is 5.16. The van der Waals surface area contributed by atoms with E-state index in [1.165, 1.54) is 6.07 Å². The Morgan fingerprint density at radius 3 is 2.22 bits per heavy atom. The Morgan fingerprint density at radius 2 is 1.61 bits per heavy atom. The summed E-state index contributed by atoms with van der Waals surface area (Å²) in [6.07, 6.45) is -4.95. The van der Waals surface area contributed by atoms with Crippen LogP contribution in [0.25, 0.3) is 0 Å². The number of halogens is 4. The molecule has 0 radical (unpaired) electrons. The molecule has 2 aromatic carbocycles. The van der Waals surface area contributed by atoms with E-state index < -0.39 is 54.7 Å². The molecule has 320 valence electrons. The molecule has 0 bridgehead atoms. The minimum absolute atomic E-state index is 0.00857. The number of amides is 1. The van der Waals surface area contributed by atoms with Gasteiger partial charge in [0.15, 0.2) is 25.0 Å². The van der Waals surface area contributed by atoms with Gasteiger partial charge < -0.3 is 61.4 Å². The van der Waals surface area contributed by atoms with Gasteiger partial charge >= 0.3 is 18.1 Å². The number of guanidine groups is 1. The molecule has 0 spiro atoms. The Bertz CT molecular complexity index is 1900. The molecule has 1 aliphatic rings. The molecule has 10 N–H and O–H groups in total. The number of aromatic nitrogens is 1. The second-order valence-corrected chi connectivity index (χ2v) is 13.1. The molecule has 2 heterocycles. The normalized spacial score (nSPS) is 19.0. The number of hydrogen-bond acceptors (Lipinski definition) is 12. The number of benzene rings is 2. The summed E-state index contributed by atoms with van der Waals surface area (Å²) in [6, 6.07) is 15.7. The van der Waals surface area contributed by atoms with Gasteiger partial charge in [0.25, 0.3) is 0 Å². The number of carbonyl (C=O) groups excluding carboxylic acids is 1. The van der Waals surface area contributed by atoms with Crippen molar-refractivity contribution in [1.82, 2.24) is 5.32 Å². The summed E-state index contributed by atoms with van der Waals surface area (Å²) in [5.74, 6) is -3.59. The van der Waals surface area contributed by atoms with Crippen LogP contribution in [0.5, 0.6) is 11.5 Å². The maximum absolute atomic E-state index is 12.5. The summed E-state index contributed by atoms with van der Waals surface area (Å²) < 4.78 is 50.3. The maximum Gasteiger partial charge on any atom is 0.490 e. The number of carboxylic acid groups (broad SMARTS) is 2. The molecule has 0 saturated carbocycles. The zero-order valence-corrected chi connectivity index (χ0v) is 32.0. The van der Waals surface area contributed by atoms with Crippen LogP contribution in [0.3, 0.4) is 0 Å². The van der Waals surface area contributed by atoms with Crippen LogP contribution in [-0.4, -0.2) is 106 Å². The zero-order valence-electron chi connectivity index (χ0n) is 31.2. The molecule has 3 aromatic rings. The lowest BCUT2D eigenvalue weighted by molar-refractivity contribution is -0.688. The Morgan fingerprint density at radius 1 is 0.949 bits per heavy atom. The zero-order chi connectivity index (χ0) is 43.5. The van der Waals surface area contributed by atoms with Crippen molar-refractivity contribution in [3.63, 3.8) is 0 Å². The summed E-state index contributed by atoms with van der Waals surface area (Å²) >= 11 is 5.89. The van der Waals surface area contributed by atoms with Crippen molar-refractivity contribution in [3.05, 3.63) is 77.6 Å². The van der Waals surface area contributed by atoms with Crippen LogP contribution in [-0.2, 0) is 25.7 Å². The number of carboxylic acids is 2. The predicted molar refractivity (Wildman–Crippen MR) is 203 cm³/mol. The number of pyridine rings is 1. The highest BCUT2D eigenvalue weighted by atomic mass is 35.5. The average Bonchev–Trinajstić information content (AvgIpc) is 3.18. The number of aliphatic hydroxyl groups excluding tert-OH is 3. The van der Waals surface area contributed by atoms with Gasteiger partial charge in [0.2, 0.25) is 24.3 Å². The maximum atomic E-state index is 12.5. The Hall–Kier alpha value is -5.76. The highest BCUT2D eigenvalue weighted by Gasteiger charge is 2.48. The molecule has 4 rings (SSSR count). The van der Waals surface area contributed by atoms with Gasteiger partial charge in [-0.3, -0.25) is 4.79 Å². The molecule has 1 saturated heterocycles. The Kier molecular flexibility index (Phi) is 19.0. The average molecular weight is 855 g/mol. The van der Waals surface area contributed by atoms with Gasteiger partial charge in [0.05, 0.1) is 18.0 Å². The molecule has 5 atom stereocenters. The third-order valence-corrected chi connectivity index (χ3v) is 8.37. The van der Waals surface area contributed by atoms with Crippen molar-refractivity contribution in [3.8, 4) is 17.7 Å². The van der Waals surface area contributed by atoms with Crippen LogP contribution >= 0.6 is 11.6 Å².